The van der Waals surface area contributed by atoms with E-state index in [-0.39, 0.29) is 0 Å². The Kier molecular flexibility index (Phi) is 4.11. The van der Waals surface area contributed by atoms with E-state index in [0.29, 0.717) is 18.1 Å². The van der Waals surface area contributed by atoms with E-state index in [1.165, 1.54) is 19.3 Å². The van der Waals surface area contributed by atoms with Gasteiger partial charge in [-0.05, 0) is 45.1 Å². The van der Waals surface area contributed by atoms with Gasteiger partial charge in [0.25, 0.3) is 0 Å². The SMILES string of the molecule is c1ncc(-c2cnc3cc(OC4CC4)c(C4CC4)nn23)nc1NC1CCCNC1. The van der Waals surface area contributed by atoms with Gasteiger partial charge < -0.3 is 15.4 Å². The zero-order chi connectivity index (χ0) is 19.2. The number of fused-ring (bicyclic) bond motifs is 1. The second kappa shape index (κ2) is 6.95. The second-order valence-electron chi connectivity index (χ2n) is 8.38. The van der Waals surface area contributed by atoms with Gasteiger partial charge in [-0.1, -0.05) is 0 Å². The Hall–Kier alpha value is -2.74. The van der Waals surface area contributed by atoms with Crippen molar-refractivity contribution in [1.82, 2.24) is 29.9 Å². The monoisotopic (exact) mass is 391 g/mol. The molecule has 0 radical (unpaired) electrons. The normalized spacial score (nSPS) is 22.0. The van der Waals surface area contributed by atoms with E-state index in [2.05, 4.69) is 20.6 Å². The molecule has 8 heteroatoms. The van der Waals surface area contributed by atoms with Gasteiger partial charge in [0.05, 0.1) is 24.7 Å². The lowest BCUT2D eigenvalue weighted by Gasteiger charge is -2.24. The molecular formula is C21H25N7O. The lowest BCUT2D eigenvalue weighted by molar-refractivity contribution is 0.297. The second-order valence-corrected chi connectivity index (χ2v) is 8.38. The molecular weight excluding hydrogens is 366 g/mol. The average molecular weight is 391 g/mol. The third-order valence-electron chi connectivity index (χ3n) is 5.81. The van der Waals surface area contributed by atoms with Gasteiger partial charge in [0.1, 0.15) is 28.6 Å². The van der Waals surface area contributed by atoms with Crippen LogP contribution in [0.5, 0.6) is 5.75 Å². The number of imidazole rings is 1. The highest BCUT2D eigenvalue weighted by Crippen LogP contribution is 2.44. The van der Waals surface area contributed by atoms with Gasteiger partial charge in [0.2, 0.25) is 0 Å². The molecule has 8 nitrogen and oxygen atoms in total. The molecule has 1 atom stereocenters. The summed E-state index contributed by atoms with van der Waals surface area (Å²) in [6, 6.07) is 2.42. The molecule has 3 aromatic heterocycles. The lowest BCUT2D eigenvalue weighted by Crippen LogP contribution is -2.38. The average Bonchev–Trinajstić information content (AvgIpc) is 3.67. The summed E-state index contributed by atoms with van der Waals surface area (Å²) in [6.07, 6.45) is 12.7. The van der Waals surface area contributed by atoms with Crippen molar-refractivity contribution < 1.29 is 4.74 Å². The lowest BCUT2D eigenvalue weighted by atomic mass is 10.1. The van der Waals surface area contributed by atoms with Gasteiger partial charge in [0.15, 0.2) is 5.65 Å². The first-order valence-electron chi connectivity index (χ1n) is 10.7. The number of nitrogens with zero attached hydrogens (tertiary/aromatic N) is 5. The smallest absolute Gasteiger partial charge is 0.157 e. The Morgan fingerprint density at radius 3 is 2.83 bits per heavy atom. The molecule has 1 saturated heterocycles. The van der Waals surface area contributed by atoms with Gasteiger partial charge in [-0.2, -0.15) is 5.10 Å². The molecule has 3 fully saturated rings. The van der Waals surface area contributed by atoms with Crippen molar-refractivity contribution in [1.29, 1.82) is 0 Å². The minimum Gasteiger partial charge on any atom is -0.488 e. The molecule has 3 aromatic rings. The van der Waals surface area contributed by atoms with Crippen LogP contribution in [0.4, 0.5) is 5.82 Å². The van der Waals surface area contributed by atoms with Gasteiger partial charge in [-0.3, -0.25) is 4.98 Å². The molecule has 0 aromatic carbocycles. The van der Waals surface area contributed by atoms with Crippen molar-refractivity contribution in [3.8, 4) is 17.1 Å². The number of rotatable bonds is 6. The number of hydrogen-bond acceptors (Lipinski definition) is 7. The molecule has 1 aliphatic heterocycles. The Morgan fingerprint density at radius 1 is 1.10 bits per heavy atom. The van der Waals surface area contributed by atoms with Gasteiger partial charge in [0, 0.05) is 24.6 Å². The molecule has 2 saturated carbocycles. The maximum atomic E-state index is 6.12. The highest BCUT2D eigenvalue weighted by molar-refractivity contribution is 5.61. The van der Waals surface area contributed by atoms with Crippen molar-refractivity contribution in [3.63, 3.8) is 0 Å². The van der Waals surface area contributed by atoms with Crippen LogP contribution in [-0.4, -0.2) is 49.8 Å². The van der Waals surface area contributed by atoms with Crippen LogP contribution in [0, 0.1) is 0 Å². The Bertz CT molecular complexity index is 1030. The van der Waals surface area contributed by atoms with Crippen LogP contribution in [0.2, 0.25) is 0 Å². The van der Waals surface area contributed by atoms with Crippen molar-refractivity contribution in [2.24, 2.45) is 0 Å². The summed E-state index contributed by atoms with van der Waals surface area (Å²) in [5.74, 6) is 2.20. The Morgan fingerprint density at radius 2 is 2.03 bits per heavy atom. The molecule has 4 heterocycles. The fourth-order valence-electron chi connectivity index (χ4n) is 3.93. The molecule has 2 N–H and O–H groups in total. The molecule has 3 aliphatic rings. The third kappa shape index (κ3) is 3.53. The van der Waals surface area contributed by atoms with Crippen molar-refractivity contribution >= 4 is 11.5 Å². The summed E-state index contributed by atoms with van der Waals surface area (Å²) in [5.41, 5.74) is 3.48. The van der Waals surface area contributed by atoms with Crippen LogP contribution in [0.15, 0.2) is 24.7 Å². The zero-order valence-electron chi connectivity index (χ0n) is 16.3. The quantitative estimate of drug-likeness (QED) is 0.668. The molecule has 1 unspecified atom stereocenters. The maximum Gasteiger partial charge on any atom is 0.157 e. The first kappa shape index (κ1) is 17.1. The molecule has 6 rings (SSSR count). The van der Waals surface area contributed by atoms with E-state index in [1.54, 1.807) is 12.4 Å². The highest BCUT2D eigenvalue weighted by Gasteiger charge is 2.33. The van der Waals surface area contributed by atoms with E-state index in [0.717, 1.165) is 66.6 Å². The zero-order valence-corrected chi connectivity index (χ0v) is 16.3. The van der Waals surface area contributed by atoms with Crippen LogP contribution in [0.1, 0.15) is 50.1 Å². The number of aromatic nitrogens is 5. The minimum absolute atomic E-state index is 0.356. The van der Waals surface area contributed by atoms with Crippen LogP contribution >= 0.6 is 0 Å². The standard InChI is InChI=1S/C21H25N7O/c1-2-14(9-22-7-1)25-19-12-23-10-16(26-19)17-11-24-20-8-18(29-15-5-6-15)21(13-3-4-13)27-28(17)20/h8,10-15,22H,1-7,9H2,(H,25,26). The predicted octanol–water partition coefficient (Wildman–Crippen LogP) is 2.77. The number of anilines is 1. The van der Waals surface area contributed by atoms with Crippen molar-refractivity contribution in [3.05, 3.63) is 30.4 Å². The van der Waals surface area contributed by atoms with Crippen molar-refractivity contribution in [2.75, 3.05) is 18.4 Å². The van der Waals surface area contributed by atoms with Gasteiger partial charge in [-0.25, -0.2) is 14.5 Å². The molecule has 0 spiro atoms. The molecule has 0 amide bonds. The summed E-state index contributed by atoms with van der Waals surface area (Å²) >= 11 is 0. The Labute approximate surface area is 169 Å². The van der Waals surface area contributed by atoms with Crippen LogP contribution in [0.3, 0.4) is 0 Å². The first-order chi connectivity index (χ1) is 14.3. The largest absolute Gasteiger partial charge is 0.488 e. The number of hydrogen-bond donors (Lipinski definition) is 2. The van der Waals surface area contributed by atoms with Crippen LogP contribution in [-0.2, 0) is 0 Å². The molecule has 0 bridgehead atoms. The van der Waals surface area contributed by atoms with Crippen molar-refractivity contribution in [2.45, 2.75) is 56.6 Å². The van der Waals surface area contributed by atoms with E-state index < -0.39 is 0 Å². The highest BCUT2D eigenvalue weighted by atomic mass is 16.5. The molecule has 150 valence electrons. The minimum atomic E-state index is 0.356. The number of ether oxygens (including phenoxy) is 1. The molecule has 29 heavy (non-hydrogen) atoms. The van der Waals surface area contributed by atoms with Gasteiger partial charge in [-0.15, -0.1) is 0 Å². The number of piperidine rings is 1. The fraction of sp³-hybridized carbons (Fsp3) is 0.524. The van der Waals surface area contributed by atoms with Crippen LogP contribution < -0.4 is 15.4 Å². The van der Waals surface area contributed by atoms with E-state index in [9.17, 15) is 0 Å². The first-order valence-corrected chi connectivity index (χ1v) is 10.7. The Balaban J connectivity index is 1.34. The van der Waals surface area contributed by atoms with E-state index in [1.807, 2.05) is 16.8 Å². The van der Waals surface area contributed by atoms with E-state index in [4.69, 9.17) is 14.8 Å². The summed E-state index contributed by atoms with van der Waals surface area (Å²) < 4.78 is 8.02. The summed E-state index contributed by atoms with van der Waals surface area (Å²) in [5, 5.41) is 11.9. The number of nitrogens with one attached hydrogen (secondary N) is 2. The van der Waals surface area contributed by atoms with E-state index >= 15 is 0 Å². The maximum absolute atomic E-state index is 6.12. The fourth-order valence-corrected chi connectivity index (χ4v) is 3.93. The third-order valence-corrected chi connectivity index (χ3v) is 5.81. The predicted molar refractivity (Wildman–Crippen MR) is 109 cm³/mol. The summed E-state index contributed by atoms with van der Waals surface area (Å²) in [6.45, 7) is 2.05. The summed E-state index contributed by atoms with van der Waals surface area (Å²) in [7, 11) is 0. The molecule has 2 aliphatic carbocycles. The topological polar surface area (TPSA) is 89.3 Å². The van der Waals surface area contributed by atoms with Gasteiger partial charge >= 0.3 is 0 Å². The summed E-state index contributed by atoms with van der Waals surface area (Å²) in [4.78, 5) is 13.8. The van der Waals surface area contributed by atoms with Crippen LogP contribution in [0.25, 0.3) is 17.0 Å².